The molecule has 0 radical (unpaired) electrons. The fourth-order valence-electron chi connectivity index (χ4n) is 2.91. The molecule has 0 fully saturated rings. The third kappa shape index (κ3) is 5.01. The molecule has 32 heavy (non-hydrogen) atoms. The number of hydrazone groups is 1. The SMILES string of the molecule is Cc1ccc(-n2c(SCC(=O)N/N=C\c3ccccc3O)nnc2-c2ccncc2)cc1. The van der Waals surface area contributed by atoms with Crippen LogP contribution in [0.5, 0.6) is 5.75 Å². The minimum absolute atomic E-state index is 0.0923. The van der Waals surface area contributed by atoms with Gasteiger partial charge in [0.2, 0.25) is 0 Å². The molecule has 0 unspecified atom stereocenters. The van der Waals surface area contributed by atoms with Crippen molar-refractivity contribution in [2.45, 2.75) is 12.1 Å². The number of phenolic OH excluding ortho intramolecular Hbond substituents is 1. The van der Waals surface area contributed by atoms with Gasteiger partial charge in [-0.2, -0.15) is 5.10 Å². The highest BCUT2D eigenvalue weighted by atomic mass is 32.2. The summed E-state index contributed by atoms with van der Waals surface area (Å²) in [6.07, 6.45) is 4.80. The van der Waals surface area contributed by atoms with Crippen molar-refractivity contribution in [3.63, 3.8) is 0 Å². The smallest absolute Gasteiger partial charge is 0.250 e. The Labute approximate surface area is 189 Å². The van der Waals surface area contributed by atoms with Crippen molar-refractivity contribution >= 4 is 23.9 Å². The van der Waals surface area contributed by atoms with Gasteiger partial charge in [0, 0.05) is 29.2 Å². The van der Waals surface area contributed by atoms with Crippen LogP contribution in [0, 0.1) is 6.92 Å². The molecule has 2 heterocycles. The summed E-state index contributed by atoms with van der Waals surface area (Å²) in [4.78, 5) is 16.3. The van der Waals surface area contributed by atoms with Crippen molar-refractivity contribution in [1.82, 2.24) is 25.2 Å². The molecular formula is C23H20N6O2S. The maximum absolute atomic E-state index is 12.3. The molecule has 0 aliphatic carbocycles. The van der Waals surface area contributed by atoms with Gasteiger partial charge in [-0.3, -0.25) is 14.3 Å². The third-order valence-electron chi connectivity index (χ3n) is 4.53. The number of thioether (sulfide) groups is 1. The number of benzene rings is 2. The second-order valence-electron chi connectivity index (χ2n) is 6.85. The normalized spacial score (nSPS) is 11.0. The summed E-state index contributed by atoms with van der Waals surface area (Å²) in [5.74, 6) is 0.551. The van der Waals surface area contributed by atoms with E-state index in [0.29, 0.717) is 16.5 Å². The molecule has 0 atom stereocenters. The van der Waals surface area contributed by atoms with Gasteiger partial charge in [-0.1, -0.05) is 41.6 Å². The van der Waals surface area contributed by atoms with E-state index in [-0.39, 0.29) is 17.4 Å². The van der Waals surface area contributed by atoms with Crippen LogP contribution in [-0.4, -0.2) is 42.7 Å². The van der Waals surface area contributed by atoms with Crippen molar-refractivity contribution in [3.8, 4) is 22.8 Å². The van der Waals surface area contributed by atoms with Crippen molar-refractivity contribution in [2.24, 2.45) is 5.10 Å². The summed E-state index contributed by atoms with van der Waals surface area (Å²) in [6, 6.07) is 18.5. The molecule has 160 valence electrons. The van der Waals surface area contributed by atoms with Crippen LogP contribution in [0.1, 0.15) is 11.1 Å². The lowest BCUT2D eigenvalue weighted by molar-refractivity contribution is -0.118. The molecule has 0 spiro atoms. The first-order chi connectivity index (χ1) is 15.6. The molecule has 1 amide bonds. The fraction of sp³-hybridized carbons (Fsp3) is 0.0870. The predicted molar refractivity (Wildman–Crippen MR) is 124 cm³/mol. The molecule has 0 bridgehead atoms. The molecule has 9 heteroatoms. The van der Waals surface area contributed by atoms with Crippen molar-refractivity contribution < 1.29 is 9.90 Å². The van der Waals surface area contributed by atoms with Gasteiger partial charge in [-0.15, -0.1) is 10.2 Å². The summed E-state index contributed by atoms with van der Waals surface area (Å²) < 4.78 is 1.91. The molecule has 4 aromatic rings. The van der Waals surface area contributed by atoms with Crippen LogP contribution in [0.2, 0.25) is 0 Å². The summed E-state index contributed by atoms with van der Waals surface area (Å²) in [6.45, 7) is 2.02. The number of carbonyl (C=O) groups excluding carboxylic acids is 1. The van der Waals surface area contributed by atoms with Crippen LogP contribution >= 0.6 is 11.8 Å². The number of aromatic nitrogens is 4. The molecule has 0 aliphatic heterocycles. The molecule has 2 aromatic carbocycles. The van der Waals surface area contributed by atoms with Gasteiger partial charge in [0.25, 0.3) is 5.91 Å². The van der Waals surface area contributed by atoms with Crippen molar-refractivity contribution in [2.75, 3.05) is 5.75 Å². The minimum Gasteiger partial charge on any atom is -0.507 e. The molecule has 0 aliphatic rings. The topological polar surface area (TPSA) is 105 Å². The largest absolute Gasteiger partial charge is 0.507 e. The Balaban J connectivity index is 1.51. The summed E-state index contributed by atoms with van der Waals surface area (Å²) in [5.41, 5.74) is 5.89. The number of amides is 1. The zero-order valence-corrected chi connectivity index (χ0v) is 18.0. The molecule has 2 aromatic heterocycles. The maximum atomic E-state index is 12.3. The van der Waals surface area contributed by atoms with Gasteiger partial charge in [-0.25, -0.2) is 5.43 Å². The van der Waals surface area contributed by atoms with E-state index in [0.717, 1.165) is 16.8 Å². The number of nitrogens with zero attached hydrogens (tertiary/aromatic N) is 5. The van der Waals surface area contributed by atoms with Crippen LogP contribution in [-0.2, 0) is 4.79 Å². The summed E-state index contributed by atoms with van der Waals surface area (Å²) in [5, 5.41) is 22.9. The quantitative estimate of drug-likeness (QED) is 0.256. The van der Waals surface area contributed by atoms with E-state index in [2.05, 4.69) is 25.7 Å². The lowest BCUT2D eigenvalue weighted by Gasteiger charge is -2.10. The van der Waals surface area contributed by atoms with Crippen LogP contribution < -0.4 is 5.43 Å². The first-order valence-corrected chi connectivity index (χ1v) is 10.8. The lowest BCUT2D eigenvalue weighted by atomic mass is 10.2. The van der Waals surface area contributed by atoms with Gasteiger partial charge < -0.3 is 5.11 Å². The summed E-state index contributed by atoms with van der Waals surface area (Å²) >= 11 is 1.26. The number of phenols is 1. The zero-order valence-electron chi connectivity index (χ0n) is 17.2. The number of hydrogen-bond donors (Lipinski definition) is 2. The number of aryl methyl sites for hydroxylation is 1. The van der Waals surface area contributed by atoms with Gasteiger partial charge in [0.05, 0.1) is 12.0 Å². The second-order valence-corrected chi connectivity index (χ2v) is 7.80. The van der Waals surface area contributed by atoms with E-state index in [1.54, 1.807) is 36.7 Å². The van der Waals surface area contributed by atoms with E-state index in [1.165, 1.54) is 18.0 Å². The van der Waals surface area contributed by atoms with E-state index in [9.17, 15) is 9.90 Å². The summed E-state index contributed by atoms with van der Waals surface area (Å²) in [7, 11) is 0. The minimum atomic E-state index is -0.300. The Bertz CT molecular complexity index is 1240. The Morgan fingerprint density at radius 2 is 1.84 bits per heavy atom. The molecular weight excluding hydrogens is 424 g/mol. The molecule has 4 rings (SSSR count). The number of hydrogen-bond acceptors (Lipinski definition) is 7. The van der Waals surface area contributed by atoms with Crippen molar-refractivity contribution in [3.05, 3.63) is 84.2 Å². The third-order valence-corrected chi connectivity index (χ3v) is 5.45. The van der Waals surface area contributed by atoms with Gasteiger partial charge in [0.1, 0.15) is 5.75 Å². The highest BCUT2D eigenvalue weighted by Crippen LogP contribution is 2.27. The first kappa shape index (κ1) is 21.3. The highest BCUT2D eigenvalue weighted by Gasteiger charge is 2.17. The molecule has 0 saturated heterocycles. The monoisotopic (exact) mass is 444 g/mol. The average Bonchev–Trinajstić information content (AvgIpc) is 3.24. The lowest BCUT2D eigenvalue weighted by Crippen LogP contribution is -2.20. The number of aromatic hydroxyl groups is 1. The molecule has 2 N–H and O–H groups in total. The van der Waals surface area contributed by atoms with Crippen LogP contribution in [0.4, 0.5) is 0 Å². The Kier molecular flexibility index (Phi) is 6.57. The number of para-hydroxylation sites is 1. The van der Waals surface area contributed by atoms with Crippen LogP contribution in [0.15, 0.2) is 83.3 Å². The van der Waals surface area contributed by atoms with E-state index in [1.807, 2.05) is 47.9 Å². The Morgan fingerprint density at radius 1 is 1.09 bits per heavy atom. The molecule has 8 nitrogen and oxygen atoms in total. The van der Waals surface area contributed by atoms with Crippen molar-refractivity contribution in [1.29, 1.82) is 0 Å². The van der Waals surface area contributed by atoms with Gasteiger partial charge in [-0.05, 0) is 43.3 Å². The van der Waals surface area contributed by atoms with Crippen LogP contribution in [0.25, 0.3) is 17.1 Å². The van der Waals surface area contributed by atoms with E-state index in [4.69, 9.17) is 0 Å². The first-order valence-electron chi connectivity index (χ1n) is 9.77. The molecule has 0 saturated carbocycles. The van der Waals surface area contributed by atoms with Gasteiger partial charge in [0.15, 0.2) is 11.0 Å². The van der Waals surface area contributed by atoms with Gasteiger partial charge >= 0.3 is 0 Å². The number of pyridine rings is 1. The second kappa shape index (κ2) is 9.88. The fourth-order valence-corrected chi connectivity index (χ4v) is 3.66. The average molecular weight is 445 g/mol. The Morgan fingerprint density at radius 3 is 2.59 bits per heavy atom. The standard InChI is InChI=1S/C23H20N6O2S/c1-16-6-8-19(9-7-16)29-22(17-10-12-24-13-11-17)27-28-23(29)32-15-21(31)26-25-14-18-4-2-3-5-20(18)30/h2-14,30H,15H2,1H3,(H,26,31)/b25-14-. The number of rotatable bonds is 7. The van der Waals surface area contributed by atoms with Crippen LogP contribution in [0.3, 0.4) is 0 Å². The maximum Gasteiger partial charge on any atom is 0.250 e. The predicted octanol–water partition coefficient (Wildman–Crippen LogP) is 3.59. The number of nitrogens with one attached hydrogen (secondary N) is 1. The number of carbonyl (C=O) groups is 1. The van der Waals surface area contributed by atoms with E-state index >= 15 is 0 Å². The zero-order chi connectivity index (χ0) is 22.3. The highest BCUT2D eigenvalue weighted by molar-refractivity contribution is 7.99. The Hall–Kier alpha value is -3.98. The van der Waals surface area contributed by atoms with E-state index < -0.39 is 0 Å².